The zero-order chi connectivity index (χ0) is 12.6. The SMILES string of the molecule is CC(=O)C(=O)OCC[C@@H](C)CCC=C(C)C. The minimum Gasteiger partial charge on any atom is -0.460 e. The lowest BCUT2D eigenvalue weighted by Crippen LogP contribution is -2.15. The maximum absolute atomic E-state index is 10.8. The van der Waals surface area contributed by atoms with Crippen molar-refractivity contribution in [3.63, 3.8) is 0 Å². The van der Waals surface area contributed by atoms with Gasteiger partial charge in [-0.3, -0.25) is 4.79 Å². The molecule has 0 saturated heterocycles. The van der Waals surface area contributed by atoms with Crippen LogP contribution in [-0.4, -0.2) is 18.4 Å². The van der Waals surface area contributed by atoms with Crippen LogP contribution in [0.3, 0.4) is 0 Å². The smallest absolute Gasteiger partial charge is 0.374 e. The highest BCUT2D eigenvalue weighted by Gasteiger charge is 2.09. The van der Waals surface area contributed by atoms with E-state index >= 15 is 0 Å². The predicted molar refractivity (Wildman–Crippen MR) is 64.1 cm³/mol. The Morgan fingerprint density at radius 2 is 1.81 bits per heavy atom. The van der Waals surface area contributed by atoms with Crippen molar-refractivity contribution in [1.29, 1.82) is 0 Å². The summed E-state index contributed by atoms with van der Waals surface area (Å²) in [6, 6.07) is 0. The molecule has 1 atom stereocenters. The Balaban J connectivity index is 3.58. The molecule has 0 aliphatic heterocycles. The van der Waals surface area contributed by atoms with Crippen molar-refractivity contribution in [2.45, 2.75) is 47.0 Å². The highest BCUT2D eigenvalue weighted by Crippen LogP contribution is 2.11. The van der Waals surface area contributed by atoms with Gasteiger partial charge in [-0.05, 0) is 39.0 Å². The van der Waals surface area contributed by atoms with Gasteiger partial charge in [-0.25, -0.2) is 4.79 Å². The monoisotopic (exact) mass is 226 g/mol. The summed E-state index contributed by atoms with van der Waals surface area (Å²) in [6.45, 7) is 7.86. The Morgan fingerprint density at radius 1 is 1.19 bits per heavy atom. The summed E-state index contributed by atoms with van der Waals surface area (Å²) in [5, 5.41) is 0. The molecule has 0 aromatic rings. The topological polar surface area (TPSA) is 43.4 Å². The van der Waals surface area contributed by atoms with Crippen LogP contribution in [0.1, 0.15) is 47.0 Å². The molecule has 0 heterocycles. The summed E-state index contributed by atoms with van der Waals surface area (Å²) in [5.74, 6) is -0.746. The zero-order valence-corrected chi connectivity index (χ0v) is 10.7. The van der Waals surface area contributed by atoms with Gasteiger partial charge in [-0.15, -0.1) is 0 Å². The largest absolute Gasteiger partial charge is 0.460 e. The van der Waals surface area contributed by atoms with Crippen LogP contribution in [0.4, 0.5) is 0 Å². The van der Waals surface area contributed by atoms with E-state index in [9.17, 15) is 9.59 Å². The maximum atomic E-state index is 10.8. The number of carbonyl (C=O) groups is 2. The number of Topliss-reactive ketones (excluding diaryl/α,β-unsaturated/α-hetero) is 1. The summed E-state index contributed by atoms with van der Waals surface area (Å²) in [7, 11) is 0. The van der Waals surface area contributed by atoms with E-state index in [0.717, 1.165) is 19.3 Å². The minimum atomic E-state index is -0.725. The summed E-state index contributed by atoms with van der Waals surface area (Å²) >= 11 is 0. The molecule has 0 rings (SSSR count). The zero-order valence-electron chi connectivity index (χ0n) is 10.7. The first kappa shape index (κ1) is 14.9. The van der Waals surface area contributed by atoms with E-state index in [2.05, 4.69) is 26.8 Å². The molecular formula is C13H22O3. The molecule has 0 radical (unpaired) electrons. The van der Waals surface area contributed by atoms with Crippen LogP contribution in [0, 0.1) is 5.92 Å². The van der Waals surface area contributed by atoms with Crippen molar-refractivity contribution in [1.82, 2.24) is 0 Å². The molecular weight excluding hydrogens is 204 g/mol. The van der Waals surface area contributed by atoms with Gasteiger partial charge in [0.05, 0.1) is 6.61 Å². The summed E-state index contributed by atoms with van der Waals surface area (Å²) in [4.78, 5) is 21.4. The van der Waals surface area contributed by atoms with E-state index in [1.54, 1.807) is 0 Å². The molecule has 3 nitrogen and oxygen atoms in total. The number of rotatable bonds is 7. The first-order valence-corrected chi connectivity index (χ1v) is 5.74. The van der Waals surface area contributed by atoms with Crippen LogP contribution in [0.15, 0.2) is 11.6 Å². The number of ether oxygens (including phenoxy) is 1. The molecule has 0 aromatic heterocycles. The van der Waals surface area contributed by atoms with E-state index in [1.807, 2.05) is 0 Å². The molecule has 0 saturated carbocycles. The van der Waals surface area contributed by atoms with Gasteiger partial charge in [0.1, 0.15) is 0 Å². The van der Waals surface area contributed by atoms with E-state index in [0.29, 0.717) is 12.5 Å². The Bertz CT molecular complexity index is 262. The Kier molecular flexibility index (Phi) is 7.52. The molecule has 0 bridgehead atoms. The number of ketones is 1. The Morgan fingerprint density at radius 3 is 2.31 bits per heavy atom. The fourth-order valence-electron chi connectivity index (χ4n) is 1.26. The van der Waals surface area contributed by atoms with Crippen molar-refractivity contribution in [2.75, 3.05) is 6.61 Å². The van der Waals surface area contributed by atoms with Crippen LogP contribution in [0.5, 0.6) is 0 Å². The predicted octanol–water partition coefficient (Wildman–Crippen LogP) is 2.89. The van der Waals surface area contributed by atoms with Gasteiger partial charge in [0.25, 0.3) is 0 Å². The third-order valence-corrected chi connectivity index (χ3v) is 2.34. The van der Waals surface area contributed by atoms with E-state index in [4.69, 9.17) is 4.74 Å². The van der Waals surface area contributed by atoms with E-state index in [1.165, 1.54) is 12.5 Å². The fourth-order valence-corrected chi connectivity index (χ4v) is 1.26. The number of esters is 1. The second-order valence-corrected chi connectivity index (χ2v) is 4.44. The van der Waals surface area contributed by atoms with E-state index in [-0.39, 0.29) is 0 Å². The van der Waals surface area contributed by atoms with Gasteiger partial charge in [0, 0.05) is 6.92 Å². The fraction of sp³-hybridized carbons (Fsp3) is 0.692. The van der Waals surface area contributed by atoms with Gasteiger partial charge in [-0.1, -0.05) is 18.6 Å². The quantitative estimate of drug-likeness (QED) is 0.381. The lowest BCUT2D eigenvalue weighted by molar-refractivity contribution is -0.153. The van der Waals surface area contributed by atoms with Gasteiger partial charge in [0.15, 0.2) is 0 Å². The van der Waals surface area contributed by atoms with Gasteiger partial charge in [-0.2, -0.15) is 0 Å². The number of hydrogen-bond acceptors (Lipinski definition) is 3. The number of carbonyl (C=O) groups excluding carboxylic acids is 2. The van der Waals surface area contributed by atoms with Crippen molar-refractivity contribution >= 4 is 11.8 Å². The van der Waals surface area contributed by atoms with E-state index < -0.39 is 11.8 Å². The highest BCUT2D eigenvalue weighted by atomic mass is 16.5. The molecule has 0 aliphatic rings. The summed E-state index contributed by atoms with van der Waals surface area (Å²) in [5.41, 5.74) is 1.33. The van der Waals surface area contributed by atoms with Crippen molar-refractivity contribution in [3.8, 4) is 0 Å². The summed E-state index contributed by atoms with van der Waals surface area (Å²) < 4.78 is 4.80. The first-order valence-electron chi connectivity index (χ1n) is 5.74. The Labute approximate surface area is 97.9 Å². The van der Waals surface area contributed by atoms with Crippen LogP contribution in [0.2, 0.25) is 0 Å². The van der Waals surface area contributed by atoms with Crippen LogP contribution < -0.4 is 0 Å². The second-order valence-electron chi connectivity index (χ2n) is 4.44. The van der Waals surface area contributed by atoms with Crippen molar-refractivity contribution < 1.29 is 14.3 Å². The first-order chi connectivity index (χ1) is 7.43. The van der Waals surface area contributed by atoms with Crippen LogP contribution in [-0.2, 0) is 14.3 Å². The van der Waals surface area contributed by atoms with Crippen LogP contribution >= 0.6 is 0 Å². The molecule has 0 aromatic carbocycles. The molecule has 92 valence electrons. The highest BCUT2D eigenvalue weighted by molar-refractivity contribution is 6.32. The molecule has 0 spiro atoms. The average molecular weight is 226 g/mol. The molecule has 0 N–H and O–H groups in total. The standard InChI is InChI=1S/C13H22O3/c1-10(2)6-5-7-11(3)8-9-16-13(15)12(4)14/h6,11H,5,7-9H2,1-4H3/t11-/m0/s1. The van der Waals surface area contributed by atoms with Gasteiger partial charge < -0.3 is 4.74 Å². The number of hydrogen-bond donors (Lipinski definition) is 0. The normalized spacial score (nSPS) is 11.8. The minimum absolute atomic E-state index is 0.342. The molecule has 16 heavy (non-hydrogen) atoms. The summed E-state index contributed by atoms with van der Waals surface area (Å²) in [6.07, 6.45) is 5.17. The molecule has 0 aliphatic carbocycles. The molecule has 3 heteroatoms. The Hall–Kier alpha value is -1.12. The van der Waals surface area contributed by atoms with Gasteiger partial charge >= 0.3 is 5.97 Å². The lowest BCUT2D eigenvalue weighted by Gasteiger charge is -2.09. The maximum Gasteiger partial charge on any atom is 0.374 e. The molecule has 0 unspecified atom stereocenters. The average Bonchev–Trinajstić information content (AvgIpc) is 2.16. The second kappa shape index (κ2) is 8.08. The van der Waals surface area contributed by atoms with Crippen molar-refractivity contribution in [2.24, 2.45) is 5.92 Å². The lowest BCUT2D eigenvalue weighted by atomic mass is 10.0. The van der Waals surface area contributed by atoms with Crippen molar-refractivity contribution in [3.05, 3.63) is 11.6 Å². The molecule has 0 fully saturated rings. The van der Waals surface area contributed by atoms with Gasteiger partial charge in [0.2, 0.25) is 5.78 Å². The molecule has 0 amide bonds. The van der Waals surface area contributed by atoms with Crippen LogP contribution in [0.25, 0.3) is 0 Å². The number of allylic oxidation sites excluding steroid dienone is 2. The third-order valence-electron chi connectivity index (χ3n) is 2.34. The third kappa shape index (κ3) is 8.21.